The molecule has 108 valence electrons. The van der Waals surface area contributed by atoms with Crippen LogP contribution < -0.4 is 9.47 Å². The second-order valence-corrected chi connectivity index (χ2v) is 5.37. The quantitative estimate of drug-likeness (QED) is 0.940. The highest BCUT2D eigenvalue weighted by molar-refractivity contribution is 5.88. The number of carbonyl (C=O) groups is 1. The van der Waals surface area contributed by atoms with Gasteiger partial charge in [-0.25, -0.2) is 4.79 Å². The first-order chi connectivity index (χ1) is 10.0. The molecule has 0 bridgehead atoms. The number of aromatic carboxylic acids is 1. The van der Waals surface area contributed by atoms with Crippen LogP contribution in [0, 0.1) is 0 Å². The number of methoxy groups -OCH3 is 1. The topological polar surface area (TPSA) is 55.8 Å². The molecule has 1 N–H and O–H groups in total. The van der Waals surface area contributed by atoms with Crippen molar-refractivity contribution in [1.29, 1.82) is 0 Å². The smallest absolute Gasteiger partial charge is 0.335 e. The molecule has 1 aliphatic rings. The maximum absolute atomic E-state index is 11.0. The molecule has 1 atom stereocenters. The van der Waals surface area contributed by atoms with Gasteiger partial charge in [-0.05, 0) is 42.3 Å². The van der Waals surface area contributed by atoms with Crippen molar-refractivity contribution >= 4 is 5.97 Å². The summed E-state index contributed by atoms with van der Waals surface area (Å²) in [6, 6.07) is 12.8. The average Bonchev–Trinajstić information content (AvgIpc) is 2.83. The van der Waals surface area contributed by atoms with Gasteiger partial charge in [-0.2, -0.15) is 0 Å². The molecule has 1 aliphatic heterocycles. The van der Waals surface area contributed by atoms with E-state index in [1.165, 1.54) is 0 Å². The molecule has 4 heteroatoms. The van der Waals surface area contributed by atoms with Crippen LogP contribution in [0.25, 0.3) is 0 Å². The lowest BCUT2D eigenvalue weighted by molar-refractivity contribution is 0.0695. The molecule has 0 radical (unpaired) electrons. The van der Waals surface area contributed by atoms with Gasteiger partial charge in [0.1, 0.15) is 17.1 Å². The van der Waals surface area contributed by atoms with E-state index < -0.39 is 11.6 Å². The summed E-state index contributed by atoms with van der Waals surface area (Å²) in [7, 11) is 1.63. The molecule has 4 nitrogen and oxygen atoms in total. The molecular weight excluding hydrogens is 268 g/mol. The van der Waals surface area contributed by atoms with Crippen molar-refractivity contribution in [2.75, 3.05) is 7.11 Å². The van der Waals surface area contributed by atoms with Crippen LogP contribution >= 0.6 is 0 Å². The van der Waals surface area contributed by atoms with E-state index in [-0.39, 0.29) is 5.56 Å². The lowest BCUT2D eigenvalue weighted by Crippen LogP contribution is -2.27. The van der Waals surface area contributed by atoms with E-state index in [4.69, 9.17) is 14.6 Å². The molecule has 2 aromatic carbocycles. The van der Waals surface area contributed by atoms with Gasteiger partial charge in [-0.15, -0.1) is 0 Å². The molecule has 2 aromatic rings. The van der Waals surface area contributed by atoms with Crippen LogP contribution in [0.15, 0.2) is 42.5 Å². The number of carboxylic acids is 1. The SMILES string of the molecule is COc1cccc(C2(C)Cc3ccc(C(=O)O)cc3O2)c1. The maximum Gasteiger partial charge on any atom is 0.335 e. The zero-order valence-corrected chi connectivity index (χ0v) is 11.9. The normalized spacial score (nSPS) is 19.7. The Bertz CT molecular complexity index is 708. The fraction of sp³-hybridized carbons (Fsp3) is 0.235. The van der Waals surface area contributed by atoms with Gasteiger partial charge in [0.15, 0.2) is 0 Å². The van der Waals surface area contributed by atoms with Crippen LogP contribution in [-0.4, -0.2) is 18.2 Å². The number of hydrogen-bond donors (Lipinski definition) is 1. The van der Waals surface area contributed by atoms with Gasteiger partial charge >= 0.3 is 5.97 Å². The highest BCUT2D eigenvalue weighted by atomic mass is 16.5. The standard InChI is InChI=1S/C17H16O4/c1-17(13-4-3-5-14(9-13)20-2)10-12-7-6-11(16(18)19)8-15(12)21-17/h3-9H,10H2,1-2H3,(H,18,19). The summed E-state index contributed by atoms with van der Waals surface area (Å²) in [5.74, 6) is 0.469. The van der Waals surface area contributed by atoms with Crippen molar-refractivity contribution in [2.45, 2.75) is 18.9 Å². The second kappa shape index (κ2) is 4.81. The van der Waals surface area contributed by atoms with Crippen molar-refractivity contribution in [3.05, 3.63) is 59.2 Å². The predicted octanol–water partition coefficient (Wildman–Crippen LogP) is 3.24. The Kier molecular flexibility index (Phi) is 3.09. The monoisotopic (exact) mass is 284 g/mol. The van der Waals surface area contributed by atoms with Gasteiger partial charge in [0.25, 0.3) is 0 Å². The molecule has 0 spiro atoms. The van der Waals surface area contributed by atoms with E-state index >= 15 is 0 Å². The summed E-state index contributed by atoms with van der Waals surface area (Å²) < 4.78 is 11.3. The molecular formula is C17H16O4. The highest BCUT2D eigenvalue weighted by Gasteiger charge is 2.37. The maximum atomic E-state index is 11.0. The number of carboxylic acid groups (broad SMARTS) is 1. The summed E-state index contributed by atoms with van der Waals surface area (Å²) in [6.07, 6.45) is 0.704. The van der Waals surface area contributed by atoms with E-state index in [2.05, 4.69) is 0 Å². The fourth-order valence-corrected chi connectivity index (χ4v) is 2.68. The van der Waals surface area contributed by atoms with E-state index in [0.29, 0.717) is 12.2 Å². The van der Waals surface area contributed by atoms with Gasteiger partial charge in [-0.1, -0.05) is 18.2 Å². The molecule has 0 saturated carbocycles. The van der Waals surface area contributed by atoms with Crippen molar-refractivity contribution in [2.24, 2.45) is 0 Å². The third-order valence-corrected chi connectivity index (χ3v) is 3.86. The molecule has 0 saturated heterocycles. The minimum absolute atomic E-state index is 0.239. The van der Waals surface area contributed by atoms with Crippen LogP contribution in [0.1, 0.15) is 28.4 Å². The van der Waals surface area contributed by atoms with Gasteiger partial charge in [0, 0.05) is 6.42 Å². The second-order valence-electron chi connectivity index (χ2n) is 5.37. The first-order valence-corrected chi connectivity index (χ1v) is 6.71. The third-order valence-electron chi connectivity index (χ3n) is 3.86. The summed E-state index contributed by atoms with van der Waals surface area (Å²) in [5, 5.41) is 9.06. The number of benzene rings is 2. The van der Waals surface area contributed by atoms with E-state index in [1.54, 1.807) is 19.2 Å². The molecule has 21 heavy (non-hydrogen) atoms. The van der Waals surface area contributed by atoms with Gasteiger partial charge < -0.3 is 14.6 Å². The lowest BCUT2D eigenvalue weighted by Gasteiger charge is -2.25. The molecule has 0 fully saturated rings. The fourth-order valence-electron chi connectivity index (χ4n) is 2.68. The van der Waals surface area contributed by atoms with Crippen LogP contribution in [0.2, 0.25) is 0 Å². The number of rotatable bonds is 3. The third kappa shape index (κ3) is 2.33. The van der Waals surface area contributed by atoms with Crippen LogP contribution in [0.5, 0.6) is 11.5 Å². The molecule has 0 aromatic heterocycles. The lowest BCUT2D eigenvalue weighted by atomic mass is 9.91. The summed E-state index contributed by atoms with van der Waals surface area (Å²) >= 11 is 0. The van der Waals surface area contributed by atoms with Crippen LogP contribution in [0.3, 0.4) is 0 Å². The van der Waals surface area contributed by atoms with E-state index in [0.717, 1.165) is 16.9 Å². The number of hydrogen-bond acceptors (Lipinski definition) is 3. The number of ether oxygens (including phenoxy) is 2. The van der Waals surface area contributed by atoms with E-state index in [9.17, 15) is 4.79 Å². The minimum atomic E-state index is -0.948. The Balaban J connectivity index is 1.96. The minimum Gasteiger partial charge on any atom is -0.497 e. The Labute approximate surface area is 122 Å². The molecule has 3 rings (SSSR count). The molecule has 1 heterocycles. The summed E-state index contributed by atoms with van der Waals surface area (Å²) in [5.41, 5.74) is 1.76. The molecule has 1 unspecified atom stereocenters. The Morgan fingerprint density at radius 3 is 2.81 bits per heavy atom. The van der Waals surface area contributed by atoms with E-state index in [1.807, 2.05) is 37.3 Å². The van der Waals surface area contributed by atoms with Crippen molar-refractivity contribution in [1.82, 2.24) is 0 Å². The summed E-state index contributed by atoms with van der Waals surface area (Å²) in [4.78, 5) is 11.0. The van der Waals surface area contributed by atoms with Crippen LogP contribution in [-0.2, 0) is 12.0 Å². The van der Waals surface area contributed by atoms with Gasteiger partial charge in [0.2, 0.25) is 0 Å². The average molecular weight is 284 g/mol. The Morgan fingerprint density at radius 1 is 1.29 bits per heavy atom. The number of fused-ring (bicyclic) bond motifs is 1. The Morgan fingerprint density at radius 2 is 2.10 bits per heavy atom. The zero-order valence-electron chi connectivity index (χ0n) is 11.9. The largest absolute Gasteiger partial charge is 0.497 e. The molecule has 0 amide bonds. The van der Waals surface area contributed by atoms with Crippen molar-refractivity contribution in [3.8, 4) is 11.5 Å². The zero-order chi connectivity index (χ0) is 15.0. The highest BCUT2D eigenvalue weighted by Crippen LogP contribution is 2.42. The van der Waals surface area contributed by atoms with Gasteiger partial charge in [0.05, 0.1) is 12.7 Å². The van der Waals surface area contributed by atoms with Gasteiger partial charge in [-0.3, -0.25) is 0 Å². The van der Waals surface area contributed by atoms with Crippen molar-refractivity contribution < 1.29 is 19.4 Å². The van der Waals surface area contributed by atoms with Crippen LogP contribution in [0.4, 0.5) is 0 Å². The Hall–Kier alpha value is -2.49. The first-order valence-electron chi connectivity index (χ1n) is 6.71. The predicted molar refractivity (Wildman–Crippen MR) is 78.1 cm³/mol. The summed E-state index contributed by atoms with van der Waals surface area (Å²) in [6.45, 7) is 2.00. The van der Waals surface area contributed by atoms with Crippen molar-refractivity contribution in [3.63, 3.8) is 0 Å². The first kappa shape index (κ1) is 13.5. The molecule has 0 aliphatic carbocycles.